The third kappa shape index (κ3) is 3.61. The Labute approximate surface area is 158 Å². The summed E-state index contributed by atoms with van der Waals surface area (Å²) in [6.45, 7) is 5.79. The van der Waals surface area contributed by atoms with E-state index in [2.05, 4.69) is 10.2 Å². The number of benzene rings is 1. The summed E-state index contributed by atoms with van der Waals surface area (Å²) in [6, 6.07) is 9.42. The molecule has 3 saturated heterocycles. The van der Waals surface area contributed by atoms with Gasteiger partial charge in [0.15, 0.2) is 0 Å². The SMILES string of the molecule is O=C(C1CSCN1C(=O)c1ccccc1)N1CCC(N2CCNCC2)C1. The molecule has 140 valence electrons. The van der Waals surface area contributed by atoms with Gasteiger partial charge in [0.05, 0.1) is 5.88 Å². The second kappa shape index (κ2) is 7.98. The number of nitrogens with one attached hydrogen (secondary N) is 1. The van der Waals surface area contributed by atoms with E-state index in [9.17, 15) is 9.59 Å². The van der Waals surface area contributed by atoms with Gasteiger partial charge in [-0.05, 0) is 18.6 Å². The minimum absolute atomic E-state index is 0.0354. The molecule has 3 fully saturated rings. The van der Waals surface area contributed by atoms with Gasteiger partial charge in [-0.15, -0.1) is 11.8 Å². The van der Waals surface area contributed by atoms with Gasteiger partial charge in [0.2, 0.25) is 5.91 Å². The van der Waals surface area contributed by atoms with E-state index in [1.807, 2.05) is 35.2 Å². The Hall–Kier alpha value is -1.57. The van der Waals surface area contributed by atoms with Crippen LogP contribution in [0, 0.1) is 0 Å². The quantitative estimate of drug-likeness (QED) is 0.845. The number of carbonyl (C=O) groups excluding carboxylic acids is 2. The van der Waals surface area contributed by atoms with Gasteiger partial charge in [0, 0.05) is 56.6 Å². The topological polar surface area (TPSA) is 55.9 Å². The maximum Gasteiger partial charge on any atom is 0.255 e. The van der Waals surface area contributed by atoms with E-state index in [0.29, 0.717) is 23.2 Å². The Bertz CT molecular complexity index is 650. The lowest BCUT2D eigenvalue weighted by Crippen LogP contribution is -2.51. The second-order valence-corrected chi connectivity index (χ2v) is 8.17. The van der Waals surface area contributed by atoms with Gasteiger partial charge in [-0.3, -0.25) is 14.5 Å². The number of hydrogen-bond donors (Lipinski definition) is 1. The van der Waals surface area contributed by atoms with Gasteiger partial charge in [-0.2, -0.15) is 0 Å². The zero-order chi connectivity index (χ0) is 17.9. The Balaban J connectivity index is 1.40. The van der Waals surface area contributed by atoms with E-state index in [1.165, 1.54) is 0 Å². The number of amides is 2. The molecule has 0 aliphatic carbocycles. The first-order valence-electron chi connectivity index (χ1n) is 9.41. The molecule has 3 aliphatic heterocycles. The van der Waals surface area contributed by atoms with Crippen molar-refractivity contribution in [1.29, 1.82) is 0 Å². The van der Waals surface area contributed by atoms with Crippen LogP contribution in [0.15, 0.2) is 30.3 Å². The molecule has 0 saturated carbocycles. The van der Waals surface area contributed by atoms with Crippen molar-refractivity contribution in [3.63, 3.8) is 0 Å². The smallest absolute Gasteiger partial charge is 0.255 e. The fraction of sp³-hybridized carbons (Fsp3) is 0.579. The van der Waals surface area contributed by atoms with Crippen molar-refractivity contribution in [2.75, 3.05) is 50.9 Å². The van der Waals surface area contributed by atoms with E-state index in [-0.39, 0.29) is 17.9 Å². The lowest BCUT2D eigenvalue weighted by molar-refractivity contribution is -0.134. The van der Waals surface area contributed by atoms with Crippen molar-refractivity contribution in [2.24, 2.45) is 0 Å². The zero-order valence-corrected chi connectivity index (χ0v) is 15.8. The molecule has 0 radical (unpaired) electrons. The molecule has 3 heterocycles. The summed E-state index contributed by atoms with van der Waals surface area (Å²) < 4.78 is 0. The highest BCUT2D eigenvalue weighted by Crippen LogP contribution is 2.26. The Kier molecular flexibility index (Phi) is 5.47. The van der Waals surface area contributed by atoms with Crippen molar-refractivity contribution in [3.8, 4) is 0 Å². The number of nitrogens with zero attached hydrogens (tertiary/aromatic N) is 3. The lowest BCUT2D eigenvalue weighted by Gasteiger charge is -2.33. The number of hydrogen-bond acceptors (Lipinski definition) is 5. The molecule has 7 heteroatoms. The average Bonchev–Trinajstić information content (AvgIpc) is 3.38. The molecular weight excluding hydrogens is 348 g/mol. The first kappa shape index (κ1) is 17.8. The fourth-order valence-corrected chi connectivity index (χ4v) is 5.24. The van der Waals surface area contributed by atoms with Crippen molar-refractivity contribution < 1.29 is 9.59 Å². The van der Waals surface area contributed by atoms with Crippen molar-refractivity contribution >= 4 is 23.6 Å². The summed E-state index contributed by atoms with van der Waals surface area (Å²) in [5, 5.41) is 3.38. The molecule has 2 atom stereocenters. The van der Waals surface area contributed by atoms with Gasteiger partial charge in [0.25, 0.3) is 5.91 Å². The highest BCUT2D eigenvalue weighted by molar-refractivity contribution is 7.99. The van der Waals surface area contributed by atoms with E-state index in [0.717, 1.165) is 45.7 Å². The van der Waals surface area contributed by atoms with Crippen LogP contribution in [0.3, 0.4) is 0 Å². The van der Waals surface area contributed by atoms with Crippen LogP contribution >= 0.6 is 11.8 Å². The summed E-state index contributed by atoms with van der Waals surface area (Å²) in [4.78, 5) is 32.2. The molecule has 0 aromatic heterocycles. The maximum absolute atomic E-state index is 13.1. The molecule has 6 nitrogen and oxygen atoms in total. The largest absolute Gasteiger partial charge is 0.339 e. The van der Waals surface area contributed by atoms with Crippen LogP contribution < -0.4 is 5.32 Å². The zero-order valence-electron chi connectivity index (χ0n) is 15.0. The minimum atomic E-state index is -0.325. The number of carbonyl (C=O) groups is 2. The Morgan fingerprint density at radius 3 is 2.62 bits per heavy atom. The summed E-state index contributed by atoms with van der Waals surface area (Å²) in [7, 11) is 0. The number of rotatable bonds is 3. The first-order chi connectivity index (χ1) is 12.7. The predicted molar refractivity (Wildman–Crippen MR) is 103 cm³/mol. The number of likely N-dealkylation sites (tertiary alicyclic amines) is 1. The van der Waals surface area contributed by atoms with Gasteiger partial charge in [-0.25, -0.2) is 0 Å². The van der Waals surface area contributed by atoms with E-state index < -0.39 is 0 Å². The molecule has 26 heavy (non-hydrogen) atoms. The maximum atomic E-state index is 13.1. The van der Waals surface area contributed by atoms with Crippen LogP contribution in [-0.4, -0.2) is 89.5 Å². The third-order valence-electron chi connectivity index (χ3n) is 5.59. The van der Waals surface area contributed by atoms with Gasteiger partial charge in [-0.1, -0.05) is 18.2 Å². The van der Waals surface area contributed by atoms with Crippen LogP contribution in [0.2, 0.25) is 0 Å². The molecule has 4 rings (SSSR count). The monoisotopic (exact) mass is 374 g/mol. The second-order valence-electron chi connectivity index (χ2n) is 7.17. The Morgan fingerprint density at radius 1 is 1.08 bits per heavy atom. The van der Waals surface area contributed by atoms with Crippen LogP contribution in [0.25, 0.3) is 0 Å². The summed E-state index contributed by atoms with van der Waals surface area (Å²) in [5.41, 5.74) is 0.660. The number of thioether (sulfide) groups is 1. The molecular formula is C19H26N4O2S. The molecule has 0 bridgehead atoms. The van der Waals surface area contributed by atoms with Crippen molar-refractivity contribution in [2.45, 2.75) is 18.5 Å². The predicted octanol–water partition coefficient (Wildman–Crippen LogP) is 0.708. The van der Waals surface area contributed by atoms with E-state index >= 15 is 0 Å². The van der Waals surface area contributed by atoms with Crippen molar-refractivity contribution in [1.82, 2.24) is 20.0 Å². The standard InChI is InChI=1S/C19H26N4O2S/c24-18(15-4-2-1-3-5-15)23-14-26-13-17(23)19(25)22-9-6-16(12-22)21-10-7-20-8-11-21/h1-5,16-17,20H,6-14H2. The summed E-state index contributed by atoms with van der Waals surface area (Å²) in [6.07, 6.45) is 1.04. The van der Waals surface area contributed by atoms with Gasteiger partial charge in [0.1, 0.15) is 6.04 Å². The minimum Gasteiger partial charge on any atom is -0.339 e. The fourth-order valence-electron chi connectivity index (χ4n) is 4.09. The van der Waals surface area contributed by atoms with Crippen LogP contribution in [0.1, 0.15) is 16.8 Å². The highest BCUT2D eigenvalue weighted by atomic mass is 32.2. The third-order valence-corrected chi connectivity index (χ3v) is 6.60. The van der Waals surface area contributed by atoms with Crippen molar-refractivity contribution in [3.05, 3.63) is 35.9 Å². The molecule has 1 aromatic rings. The average molecular weight is 375 g/mol. The molecule has 1 aromatic carbocycles. The Morgan fingerprint density at radius 2 is 1.85 bits per heavy atom. The van der Waals surface area contributed by atoms with Crippen LogP contribution in [-0.2, 0) is 4.79 Å². The van der Waals surface area contributed by atoms with E-state index in [1.54, 1.807) is 16.7 Å². The lowest BCUT2D eigenvalue weighted by atomic mass is 10.1. The van der Waals surface area contributed by atoms with Gasteiger partial charge < -0.3 is 15.1 Å². The molecule has 3 aliphatic rings. The number of piperazine rings is 1. The van der Waals surface area contributed by atoms with Gasteiger partial charge >= 0.3 is 0 Å². The summed E-state index contributed by atoms with van der Waals surface area (Å²) >= 11 is 1.67. The highest BCUT2D eigenvalue weighted by Gasteiger charge is 2.40. The molecule has 0 spiro atoms. The summed E-state index contributed by atoms with van der Waals surface area (Å²) in [5.74, 6) is 1.38. The molecule has 2 unspecified atom stereocenters. The first-order valence-corrected chi connectivity index (χ1v) is 10.6. The molecule has 1 N–H and O–H groups in total. The van der Waals surface area contributed by atoms with Crippen LogP contribution in [0.4, 0.5) is 0 Å². The normalized spacial score (nSPS) is 27.1. The van der Waals surface area contributed by atoms with E-state index in [4.69, 9.17) is 0 Å². The molecule has 2 amide bonds. The van der Waals surface area contributed by atoms with Crippen LogP contribution in [0.5, 0.6) is 0 Å².